The third-order valence-corrected chi connectivity index (χ3v) is 12.2. The summed E-state index contributed by atoms with van der Waals surface area (Å²) < 4.78 is 0. The Kier molecular flexibility index (Phi) is 6.91. The molecule has 0 aromatic heterocycles. The number of carbonyl (C=O) groups is 2. The van der Waals surface area contributed by atoms with E-state index in [2.05, 4.69) is 20.8 Å². The average molecular weight is 488 g/mol. The van der Waals surface area contributed by atoms with Crippen molar-refractivity contribution in [2.75, 3.05) is 26.2 Å². The van der Waals surface area contributed by atoms with Crippen LogP contribution in [0.4, 0.5) is 4.79 Å². The minimum absolute atomic E-state index is 0.0649. The first-order valence-electron chi connectivity index (χ1n) is 14.6. The van der Waals surface area contributed by atoms with Crippen LogP contribution in [0.3, 0.4) is 0 Å². The Bertz CT molecular complexity index is 811. The number of aliphatic hydroxyl groups is 1. The molecule has 9 atom stereocenters. The molecule has 3 amide bonds. The molecule has 4 aliphatic carbocycles. The Morgan fingerprint density at radius 2 is 1.57 bits per heavy atom. The summed E-state index contributed by atoms with van der Waals surface area (Å²) >= 11 is 0. The number of aliphatic hydroxyl groups excluding tert-OH is 1. The van der Waals surface area contributed by atoms with Crippen LogP contribution < -0.4 is 5.73 Å². The van der Waals surface area contributed by atoms with E-state index in [4.69, 9.17) is 5.73 Å². The highest BCUT2D eigenvalue weighted by molar-refractivity contribution is 5.77. The maximum atomic E-state index is 12.9. The second-order valence-corrected chi connectivity index (χ2v) is 13.5. The van der Waals surface area contributed by atoms with Gasteiger partial charge in [0.1, 0.15) is 0 Å². The highest BCUT2D eigenvalue weighted by atomic mass is 16.3. The van der Waals surface area contributed by atoms with Crippen molar-refractivity contribution in [3.8, 4) is 0 Å². The van der Waals surface area contributed by atoms with Gasteiger partial charge in [-0.1, -0.05) is 20.8 Å². The summed E-state index contributed by atoms with van der Waals surface area (Å²) in [5.41, 5.74) is 6.25. The highest BCUT2D eigenvalue weighted by Gasteiger charge is 2.60. The molecule has 5 rings (SSSR count). The predicted octanol–water partition coefficient (Wildman–Crippen LogP) is 4.65. The van der Waals surface area contributed by atoms with Crippen LogP contribution in [0.25, 0.3) is 0 Å². The largest absolute Gasteiger partial charge is 0.393 e. The van der Waals surface area contributed by atoms with Gasteiger partial charge in [-0.05, 0) is 111 Å². The van der Waals surface area contributed by atoms with Crippen molar-refractivity contribution in [2.45, 2.75) is 97.5 Å². The zero-order valence-electron chi connectivity index (χ0n) is 22.4. The van der Waals surface area contributed by atoms with Gasteiger partial charge in [-0.15, -0.1) is 0 Å². The molecule has 1 heterocycles. The molecule has 6 heteroatoms. The summed E-state index contributed by atoms with van der Waals surface area (Å²) in [5, 5.41) is 10.3. The first kappa shape index (κ1) is 25.4. The molecule has 3 N–H and O–H groups in total. The van der Waals surface area contributed by atoms with Crippen LogP contribution in [0.5, 0.6) is 0 Å². The minimum Gasteiger partial charge on any atom is -0.393 e. The zero-order chi connectivity index (χ0) is 25.0. The topological polar surface area (TPSA) is 86.9 Å². The zero-order valence-corrected chi connectivity index (χ0v) is 22.4. The van der Waals surface area contributed by atoms with Gasteiger partial charge in [0.25, 0.3) is 0 Å². The number of urea groups is 1. The molecule has 1 saturated heterocycles. The molecular weight excluding hydrogens is 438 g/mol. The number of hydrogen-bond donors (Lipinski definition) is 2. The monoisotopic (exact) mass is 487 g/mol. The molecule has 1 aliphatic heterocycles. The lowest BCUT2D eigenvalue weighted by molar-refractivity contribution is -0.134. The van der Waals surface area contributed by atoms with E-state index < -0.39 is 0 Å². The van der Waals surface area contributed by atoms with Crippen molar-refractivity contribution in [3.63, 3.8) is 0 Å². The molecule has 0 bridgehead atoms. The first-order chi connectivity index (χ1) is 16.6. The molecule has 4 saturated carbocycles. The smallest absolute Gasteiger partial charge is 0.314 e. The lowest BCUT2D eigenvalue weighted by atomic mass is 9.44. The minimum atomic E-state index is -0.381. The third kappa shape index (κ3) is 4.40. The van der Waals surface area contributed by atoms with Crippen molar-refractivity contribution < 1.29 is 14.7 Å². The van der Waals surface area contributed by atoms with Crippen molar-refractivity contribution in [1.82, 2.24) is 9.80 Å². The van der Waals surface area contributed by atoms with E-state index in [0.717, 1.165) is 48.9 Å². The molecular formula is C29H49N3O3. The number of primary amides is 1. The lowest BCUT2D eigenvalue weighted by Crippen LogP contribution is -2.54. The van der Waals surface area contributed by atoms with Crippen LogP contribution in [0, 0.1) is 46.3 Å². The van der Waals surface area contributed by atoms with Gasteiger partial charge in [-0.25, -0.2) is 4.79 Å². The molecule has 0 unspecified atom stereocenters. The van der Waals surface area contributed by atoms with Crippen LogP contribution in [0.2, 0.25) is 0 Å². The summed E-state index contributed by atoms with van der Waals surface area (Å²) in [4.78, 5) is 27.8. The molecule has 6 nitrogen and oxygen atoms in total. The average Bonchev–Trinajstić information content (AvgIpc) is 3.20. The van der Waals surface area contributed by atoms with Gasteiger partial charge < -0.3 is 20.6 Å². The predicted molar refractivity (Wildman–Crippen MR) is 137 cm³/mol. The number of nitrogens with zero attached hydrogens (tertiary/aromatic N) is 2. The number of rotatable bonds is 4. The van der Waals surface area contributed by atoms with Crippen LogP contribution in [-0.4, -0.2) is 59.1 Å². The molecule has 198 valence electrons. The van der Waals surface area contributed by atoms with Crippen LogP contribution >= 0.6 is 0 Å². The number of carbonyl (C=O) groups excluding carboxylic acids is 2. The first-order valence-corrected chi connectivity index (χ1v) is 14.6. The van der Waals surface area contributed by atoms with Crippen molar-refractivity contribution in [3.05, 3.63) is 0 Å². The molecule has 5 aliphatic rings. The molecule has 0 aromatic rings. The number of nitrogens with two attached hydrogens (primary N) is 1. The number of hydrogen-bond acceptors (Lipinski definition) is 3. The second kappa shape index (κ2) is 9.54. The van der Waals surface area contributed by atoms with E-state index in [1.54, 1.807) is 4.90 Å². The number of amides is 3. The van der Waals surface area contributed by atoms with Crippen molar-refractivity contribution in [1.29, 1.82) is 0 Å². The van der Waals surface area contributed by atoms with E-state index in [1.807, 2.05) is 4.90 Å². The van der Waals surface area contributed by atoms with E-state index in [1.165, 1.54) is 44.9 Å². The molecule has 0 radical (unpaired) electrons. The maximum Gasteiger partial charge on any atom is 0.314 e. The lowest BCUT2D eigenvalue weighted by Gasteiger charge is -2.61. The van der Waals surface area contributed by atoms with Gasteiger partial charge in [-0.3, -0.25) is 4.79 Å². The Balaban J connectivity index is 1.18. The van der Waals surface area contributed by atoms with E-state index >= 15 is 0 Å². The second-order valence-electron chi connectivity index (χ2n) is 13.5. The fraction of sp³-hybridized carbons (Fsp3) is 0.931. The van der Waals surface area contributed by atoms with Gasteiger partial charge in [-0.2, -0.15) is 0 Å². The quantitative estimate of drug-likeness (QED) is 0.605. The van der Waals surface area contributed by atoms with Gasteiger partial charge >= 0.3 is 6.03 Å². The number of piperazine rings is 1. The SMILES string of the molecule is C[C@H](CCC(=O)N1CCN(C(N)=O)CC1)[C@H]1CC[C@H]2[C@@H]3CC[C@H]4C[C@@H](O)CC[C@]4(C)[C@H]3CC[C@]12C. The molecule has 0 spiro atoms. The summed E-state index contributed by atoms with van der Waals surface area (Å²) in [6.45, 7) is 9.92. The Labute approximate surface area is 212 Å². The van der Waals surface area contributed by atoms with Crippen molar-refractivity contribution in [2.24, 2.45) is 52.1 Å². The summed E-state index contributed by atoms with van der Waals surface area (Å²) in [6, 6.07) is -0.381. The third-order valence-electron chi connectivity index (χ3n) is 12.2. The standard InChI is InChI=1S/C29H49N3O3/c1-19(4-9-26(34)31-14-16-32(17-15-31)27(30)35)23-7-8-24-22-6-5-20-18-21(33)10-12-28(20,2)25(22)11-13-29(23,24)3/h19-25,33H,4-18H2,1-3H3,(H2,30,35)/t19-,20+,21+,22+,23-,24+,25+,28+,29-/m1/s1. The van der Waals surface area contributed by atoms with Gasteiger partial charge in [0.2, 0.25) is 5.91 Å². The van der Waals surface area contributed by atoms with E-state index in [0.29, 0.717) is 49.3 Å². The molecule has 35 heavy (non-hydrogen) atoms. The normalized spacial score (nSPS) is 44.2. The van der Waals surface area contributed by atoms with Gasteiger partial charge in [0.15, 0.2) is 0 Å². The van der Waals surface area contributed by atoms with E-state index in [-0.39, 0.29) is 18.0 Å². The van der Waals surface area contributed by atoms with Crippen molar-refractivity contribution >= 4 is 11.9 Å². The van der Waals surface area contributed by atoms with Crippen LogP contribution in [0.1, 0.15) is 91.4 Å². The van der Waals surface area contributed by atoms with Gasteiger partial charge in [0, 0.05) is 32.6 Å². The summed E-state index contributed by atoms with van der Waals surface area (Å²) in [7, 11) is 0. The summed E-state index contributed by atoms with van der Waals surface area (Å²) in [5.74, 6) is 4.84. The maximum absolute atomic E-state index is 12.9. The number of fused-ring (bicyclic) bond motifs is 5. The Morgan fingerprint density at radius 3 is 2.29 bits per heavy atom. The fourth-order valence-corrected chi connectivity index (χ4v) is 10.1. The van der Waals surface area contributed by atoms with Crippen LogP contribution in [-0.2, 0) is 4.79 Å². The molecule has 0 aromatic carbocycles. The Morgan fingerprint density at radius 1 is 0.914 bits per heavy atom. The Hall–Kier alpha value is -1.30. The van der Waals surface area contributed by atoms with E-state index in [9.17, 15) is 14.7 Å². The van der Waals surface area contributed by atoms with Crippen LogP contribution in [0.15, 0.2) is 0 Å². The molecule has 5 fully saturated rings. The highest BCUT2D eigenvalue weighted by Crippen LogP contribution is 2.68. The fourth-order valence-electron chi connectivity index (χ4n) is 10.1. The summed E-state index contributed by atoms with van der Waals surface area (Å²) in [6.07, 6.45) is 12.9. The van der Waals surface area contributed by atoms with Gasteiger partial charge in [0.05, 0.1) is 6.10 Å².